The minimum absolute atomic E-state index is 0. The van der Waals surface area contributed by atoms with E-state index in [1.54, 1.807) is 6.20 Å². The van der Waals surface area contributed by atoms with Crippen LogP contribution in [0.3, 0.4) is 0 Å². The number of guanidine groups is 1. The number of hydrogen-bond donors (Lipinski definition) is 1. The van der Waals surface area contributed by atoms with Crippen LogP contribution in [0.5, 0.6) is 0 Å². The Balaban J connectivity index is 0.00000364. The zero-order valence-corrected chi connectivity index (χ0v) is 19.2. The molecule has 0 atom stereocenters. The molecule has 27 heavy (non-hydrogen) atoms. The summed E-state index contributed by atoms with van der Waals surface area (Å²) in [6.45, 7) is 6.74. The molecule has 1 aliphatic rings. The van der Waals surface area contributed by atoms with Gasteiger partial charge in [0.2, 0.25) is 0 Å². The molecule has 0 saturated heterocycles. The molecule has 1 aliphatic carbocycles. The Labute approximate surface area is 179 Å². The first-order chi connectivity index (χ1) is 12.5. The molecule has 9 heteroatoms. The van der Waals surface area contributed by atoms with Crippen molar-refractivity contribution in [3.63, 3.8) is 0 Å². The topological polar surface area (TPSA) is 84.6 Å². The van der Waals surface area contributed by atoms with Gasteiger partial charge in [-0.3, -0.25) is 4.79 Å². The number of carbonyl (C=O) groups excluding carboxylic acids is 1. The van der Waals surface area contributed by atoms with Crippen LogP contribution >= 0.6 is 24.0 Å². The molecule has 1 aromatic heterocycles. The number of aliphatic imine (C=N–C) groups is 1. The molecule has 0 radical (unpaired) electrons. The van der Waals surface area contributed by atoms with Crippen molar-refractivity contribution in [3.05, 3.63) is 11.9 Å². The first-order valence-electron chi connectivity index (χ1n) is 9.47. The van der Waals surface area contributed by atoms with Crippen molar-refractivity contribution in [1.82, 2.24) is 25.2 Å². The third-order valence-electron chi connectivity index (χ3n) is 4.86. The summed E-state index contributed by atoms with van der Waals surface area (Å²) >= 11 is 0. The lowest BCUT2D eigenvalue weighted by Crippen LogP contribution is -2.41. The second-order valence-corrected chi connectivity index (χ2v) is 7.16. The number of carbonyl (C=O) groups is 1. The minimum atomic E-state index is -0.347. The summed E-state index contributed by atoms with van der Waals surface area (Å²) in [7, 11) is 3.45. The van der Waals surface area contributed by atoms with Crippen molar-refractivity contribution >= 4 is 35.9 Å². The molecule has 1 fully saturated rings. The summed E-state index contributed by atoms with van der Waals surface area (Å²) in [5, 5.41) is 11.4. The Morgan fingerprint density at radius 2 is 2.11 bits per heavy atom. The SMILES string of the molecule is CCNC(=NCc1cn(CC(=O)OC)nn1)N(C)CC1CCC(C)CC1.I. The molecule has 0 unspecified atom stereocenters. The lowest BCUT2D eigenvalue weighted by molar-refractivity contribution is -0.141. The number of nitrogens with one attached hydrogen (secondary N) is 1. The Morgan fingerprint density at radius 3 is 2.74 bits per heavy atom. The highest BCUT2D eigenvalue weighted by Crippen LogP contribution is 2.28. The quantitative estimate of drug-likeness (QED) is 0.272. The van der Waals surface area contributed by atoms with Crippen molar-refractivity contribution in [3.8, 4) is 0 Å². The Bertz CT molecular complexity index is 598. The molecule has 1 aromatic rings. The summed E-state index contributed by atoms with van der Waals surface area (Å²) in [5.74, 6) is 2.14. The highest BCUT2D eigenvalue weighted by atomic mass is 127. The first-order valence-corrected chi connectivity index (χ1v) is 9.47. The monoisotopic (exact) mass is 492 g/mol. The van der Waals surface area contributed by atoms with E-state index in [1.165, 1.54) is 37.5 Å². The van der Waals surface area contributed by atoms with Gasteiger partial charge in [-0.05, 0) is 31.6 Å². The first kappa shape index (κ1) is 23.6. The zero-order valence-electron chi connectivity index (χ0n) is 16.8. The van der Waals surface area contributed by atoms with E-state index in [0.717, 1.165) is 36.6 Å². The maximum atomic E-state index is 11.3. The van der Waals surface area contributed by atoms with E-state index in [0.29, 0.717) is 6.54 Å². The van der Waals surface area contributed by atoms with Gasteiger partial charge in [0.05, 0.1) is 19.9 Å². The van der Waals surface area contributed by atoms with Gasteiger partial charge in [0.15, 0.2) is 5.96 Å². The molecule has 0 amide bonds. The Kier molecular flexibility index (Phi) is 10.6. The van der Waals surface area contributed by atoms with Crippen LogP contribution in [-0.2, 0) is 22.6 Å². The van der Waals surface area contributed by atoms with Crippen LogP contribution in [0.4, 0.5) is 0 Å². The molecule has 1 heterocycles. The summed E-state index contributed by atoms with van der Waals surface area (Å²) in [5.41, 5.74) is 0.726. The molecule has 1 saturated carbocycles. The third kappa shape index (κ3) is 8.02. The van der Waals surface area contributed by atoms with Crippen molar-refractivity contribution < 1.29 is 9.53 Å². The van der Waals surface area contributed by atoms with Crippen LogP contribution in [0, 0.1) is 11.8 Å². The smallest absolute Gasteiger partial charge is 0.327 e. The van der Waals surface area contributed by atoms with E-state index in [2.05, 4.69) is 51.2 Å². The fourth-order valence-corrected chi connectivity index (χ4v) is 3.30. The van der Waals surface area contributed by atoms with E-state index in [4.69, 9.17) is 0 Å². The molecule has 154 valence electrons. The van der Waals surface area contributed by atoms with E-state index >= 15 is 0 Å². The van der Waals surface area contributed by atoms with E-state index < -0.39 is 0 Å². The Hall–Kier alpha value is -1.39. The number of methoxy groups -OCH3 is 1. The van der Waals surface area contributed by atoms with Gasteiger partial charge in [0.25, 0.3) is 0 Å². The van der Waals surface area contributed by atoms with Gasteiger partial charge in [-0.1, -0.05) is 25.0 Å². The predicted octanol–water partition coefficient (Wildman–Crippen LogP) is 2.29. The molecule has 0 spiro atoms. The number of ether oxygens (including phenoxy) is 1. The summed E-state index contributed by atoms with van der Waals surface area (Å²) in [6, 6.07) is 0. The van der Waals surface area contributed by atoms with E-state index in [9.17, 15) is 4.79 Å². The van der Waals surface area contributed by atoms with Crippen LogP contribution in [0.15, 0.2) is 11.2 Å². The summed E-state index contributed by atoms with van der Waals surface area (Å²) in [4.78, 5) is 18.2. The van der Waals surface area contributed by atoms with Crippen LogP contribution in [0.1, 0.15) is 45.2 Å². The molecule has 0 aromatic carbocycles. The van der Waals surface area contributed by atoms with E-state index in [1.807, 2.05) is 0 Å². The number of aromatic nitrogens is 3. The van der Waals surface area contributed by atoms with Gasteiger partial charge in [-0.25, -0.2) is 9.67 Å². The molecular formula is C18H33IN6O2. The van der Waals surface area contributed by atoms with Gasteiger partial charge in [-0.15, -0.1) is 29.1 Å². The number of hydrogen-bond acceptors (Lipinski definition) is 5. The fourth-order valence-electron chi connectivity index (χ4n) is 3.30. The molecule has 0 bridgehead atoms. The van der Waals surface area contributed by atoms with Crippen LogP contribution < -0.4 is 5.32 Å². The molecular weight excluding hydrogens is 459 g/mol. The maximum Gasteiger partial charge on any atom is 0.327 e. The van der Waals surface area contributed by atoms with Gasteiger partial charge in [0, 0.05) is 20.1 Å². The lowest BCUT2D eigenvalue weighted by Gasteiger charge is -2.31. The van der Waals surface area contributed by atoms with Gasteiger partial charge < -0.3 is 15.0 Å². The van der Waals surface area contributed by atoms with Crippen molar-refractivity contribution in [1.29, 1.82) is 0 Å². The standard InChI is InChI=1S/C18H32N6O2.HI/c1-5-19-18(23(3)11-15-8-6-14(2)7-9-15)20-10-16-12-24(22-21-16)13-17(25)26-4;/h12,14-15H,5-11,13H2,1-4H3,(H,19,20);1H. The van der Waals surface area contributed by atoms with Gasteiger partial charge in [0.1, 0.15) is 12.2 Å². The highest BCUT2D eigenvalue weighted by molar-refractivity contribution is 14.0. The number of esters is 1. The number of nitrogens with zero attached hydrogens (tertiary/aromatic N) is 5. The Morgan fingerprint density at radius 1 is 1.41 bits per heavy atom. The van der Waals surface area contributed by atoms with Crippen molar-refractivity contribution in [2.24, 2.45) is 16.8 Å². The van der Waals surface area contributed by atoms with E-state index in [-0.39, 0.29) is 36.5 Å². The maximum absolute atomic E-state index is 11.3. The average molecular weight is 492 g/mol. The zero-order chi connectivity index (χ0) is 18.9. The predicted molar refractivity (Wildman–Crippen MR) is 116 cm³/mol. The largest absolute Gasteiger partial charge is 0.468 e. The van der Waals surface area contributed by atoms with Gasteiger partial charge in [-0.2, -0.15) is 0 Å². The second-order valence-electron chi connectivity index (χ2n) is 7.16. The normalized spacial score (nSPS) is 19.9. The highest BCUT2D eigenvalue weighted by Gasteiger charge is 2.20. The lowest BCUT2D eigenvalue weighted by atomic mass is 9.83. The molecule has 2 rings (SSSR count). The second kappa shape index (κ2) is 12.1. The van der Waals surface area contributed by atoms with Crippen LogP contribution in [0.2, 0.25) is 0 Å². The molecule has 0 aliphatic heterocycles. The minimum Gasteiger partial charge on any atom is -0.468 e. The van der Waals surface area contributed by atoms with Gasteiger partial charge >= 0.3 is 5.97 Å². The fraction of sp³-hybridized carbons (Fsp3) is 0.778. The van der Waals surface area contributed by atoms with Crippen molar-refractivity contribution in [2.45, 2.75) is 52.6 Å². The van der Waals surface area contributed by atoms with Crippen LogP contribution in [0.25, 0.3) is 0 Å². The third-order valence-corrected chi connectivity index (χ3v) is 4.86. The van der Waals surface area contributed by atoms with Crippen molar-refractivity contribution in [2.75, 3.05) is 27.2 Å². The summed E-state index contributed by atoms with van der Waals surface area (Å²) in [6.07, 6.45) is 6.98. The molecule has 1 N–H and O–H groups in total. The summed E-state index contributed by atoms with van der Waals surface area (Å²) < 4.78 is 6.10. The molecule has 8 nitrogen and oxygen atoms in total. The number of halogens is 1. The van der Waals surface area contributed by atoms with Crippen LogP contribution in [-0.4, -0.2) is 59.1 Å². The average Bonchev–Trinajstić information content (AvgIpc) is 3.07. The number of rotatable bonds is 7.